The van der Waals surface area contributed by atoms with Crippen LogP contribution in [-0.2, 0) is 17.8 Å². The fourth-order valence-electron chi connectivity index (χ4n) is 3.80. The number of nitrogens with zero attached hydrogens (tertiary/aromatic N) is 1. The van der Waals surface area contributed by atoms with Gasteiger partial charge in [0.15, 0.2) is 5.78 Å². The molecule has 0 aliphatic carbocycles. The molecule has 1 aliphatic rings. The molecule has 0 saturated carbocycles. The number of nitrogens with one attached hydrogen (secondary N) is 3. The number of aromatic amines is 1. The Morgan fingerprint density at radius 2 is 1.93 bits per heavy atom. The molecule has 0 radical (unpaired) electrons. The molecule has 154 valence electrons. The number of aryl methyl sites for hydroxylation is 1. The first-order valence-corrected chi connectivity index (χ1v) is 10.0. The zero-order valence-electron chi connectivity index (χ0n) is 17.2. The van der Waals surface area contributed by atoms with Gasteiger partial charge in [-0.3, -0.25) is 14.4 Å². The Bertz CT molecular complexity index is 915. The molecule has 0 atom stereocenters. The number of anilines is 1. The summed E-state index contributed by atoms with van der Waals surface area (Å²) < 4.78 is 0. The molecule has 1 aromatic heterocycles. The molecule has 3 rings (SSSR count). The van der Waals surface area contributed by atoms with E-state index in [-0.39, 0.29) is 17.6 Å². The number of rotatable bonds is 7. The van der Waals surface area contributed by atoms with Gasteiger partial charge in [0.05, 0.1) is 6.54 Å². The molecular formula is C22H28N4O3. The number of Topliss-reactive ketones (excluding diaryl/α,β-unsaturated/α-hetero) is 1. The second kappa shape index (κ2) is 8.94. The van der Waals surface area contributed by atoms with Crippen molar-refractivity contribution in [1.29, 1.82) is 0 Å². The first kappa shape index (κ1) is 20.6. The van der Waals surface area contributed by atoms with Gasteiger partial charge >= 0.3 is 0 Å². The highest BCUT2D eigenvalue weighted by molar-refractivity contribution is 6.02. The summed E-state index contributed by atoms with van der Waals surface area (Å²) in [6.45, 7) is 7.57. The quantitative estimate of drug-likeness (QED) is 0.626. The van der Waals surface area contributed by atoms with Crippen LogP contribution >= 0.6 is 0 Å². The van der Waals surface area contributed by atoms with E-state index in [9.17, 15) is 14.4 Å². The van der Waals surface area contributed by atoms with E-state index >= 15 is 0 Å². The third-order valence-electron chi connectivity index (χ3n) is 5.16. The monoisotopic (exact) mass is 396 g/mol. The average Bonchev–Trinajstić information content (AvgIpc) is 3.03. The van der Waals surface area contributed by atoms with Crippen LogP contribution in [0.1, 0.15) is 57.9 Å². The Morgan fingerprint density at radius 3 is 2.55 bits per heavy atom. The molecule has 2 aromatic rings. The van der Waals surface area contributed by atoms with Crippen molar-refractivity contribution in [3.63, 3.8) is 0 Å². The van der Waals surface area contributed by atoms with Gasteiger partial charge in [-0.05, 0) is 43.5 Å². The van der Waals surface area contributed by atoms with Crippen molar-refractivity contribution in [2.75, 3.05) is 24.5 Å². The molecule has 29 heavy (non-hydrogen) atoms. The van der Waals surface area contributed by atoms with Gasteiger partial charge in [0.2, 0.25) is 5.91 Å². The van der Waals surface area contributed by atoms with Crippen LogP contribution < -0.4 is 15.5 Å². The van der Waals surface area contributed by atoms with E-state index in [4.69, 9.17) is 0 Å². The Labute approximate surface area is 170 Å². The highest BCUT2D eigenvalue weighted by Crippen LogP contribution is 2.22. The molecule has 1 saturated heterocycles. The first-order chi connectivity index (χ1) is 13.9. The highest BCUT2D eigenvalue weighted by atomic mass is 16.2. The van der Waals surface area contributed by atoms with Gasteiger partial charge in [-0.15, -0.1) is 0 Å². The summed E-state index contributed by atoms with van der Waals surface area (Å²) in [4.78, 5) is 41.4. The van der Waals surface area contributed by atoms with E-state index in [0.29, 0.717) is 37.3 Å². The molecule has 1 aliphatic heterocycles. The number of piperazine rings is 1. The van der Waals surface area contributed by atoms with Crippen LogP contribution in [0.5, 0.6) is 0 Å². The highest BCUT2D eigenvalue weighted by Gasteiger charge is 2.22. The van der Waals surface area contributed by atoms with Crippen molar-refractivity contribution in [3.8, 4) is 0 Å². The number of ketones is 1. The van der Waals surface area contributed by atoms with Crippen LogP contribution in [0.25, 0.3) is 0 Å². The Balaban J connectivity index is 1.67. The second-order valence-corrected chi connectivity index (χ2v) is 7.41. The molecule has 1 fully saturated rings. The van der Waals surface area contributed by atoms with Crippen LogP contribution in [0.3, 0.4) is 0 Å². The molecular weight excluding hydrogens is 368 g/mol. The number of hydrogen-bond acceptors (Lipinski definition) is 4. The predicted octanol–water partition coefficient (Wildman–Crippen LogP) is 2.34. The van der Waals surface area contributed by atoms with Crippen LogP contribution in [0.2, 0.25) is 0 Å². The van der Waals surface area contributed by atoms with E-state index in [1.807, 2.05) is 43.0 Å². The minimum Gasteiger partial charge on any atom is -0.360 e. The van der Waals surface area contributed by atoms with Crippen molar-refractivity contribution in [2.24, 2.45) is 0 Å². The fraction of sp³-hybridized carbons (Fsp3) is 0.409. The number of H-pyrrole nitrogens is 1. The van der Waals surface area contributed by atoms with Gasteiger partial charge in [-0.1, -0.05) is 25.5 Å². The number of amides is 2. The molecule has 2 heterocycles. The summed E-state index contributed by atoms with van der Waals surface area (Å²) in [7, 11) is 0. The van der Waals surface area contributed by atoms with E-state index in [1.54, 1.807) is 0 Å². The van der Waals surface area contributed by atoms with Crippen molar-refractivity contribution in [2.45, 2.75) is 40.2 Å². The minimum atomic E-state index is -0.208. The summed E-state index contributed by atoms with van der Waals surface area (Å²) in [6.07, 6.45) is 1.54. The van der Waals surface area contributed by atoms with Crippen molar-refractivity contribution in [3.05, 3.63) is 52.3 Å². The minimum absolute atomic E-state index is 0.0248. The maximum absolute atomic E-state index is 12.7. The van der Waals surface area contributed by atoms with E-state index in [0.717, 1.165) is 35.5 Å². The zero-order valence-corrected chi connectivity index (χ0v) is 17.2. The van der Waals surface area contributed by atoms with E-state index in [2.05, 4.69) is 15.6 Å². The smallest absolute Gasteiger partial charge is 0.268 e. The van der Waals surface area contributed by atoms with Crippen LogP contribution in [0, 0.1) is 6.92 Å². The van der Waals surface area contributed by atoms with Crippen molar-refractivity contribution >= 4 is 23.3 Å². The summed E-state index contributed by atoms with van der Waals surface area (Å²) >= 11 is 0. The van der Waals surface area contributed by atoms with Gasteiger partial charge < -0.3 is 20.5 Å². The van der Waals surface area contributed by atoms with Gasteiger partial charge in [0.1, 0.15) is 5.69 Å². The normalized spacial score (nSPS) is 13.9. The topological polar surface area (TPSA) is 94.3 Å². The molecule has 0 bridgehead atoms. The lowest BCUT2D eigenvalue weighted by molar-refractivity contribution is -0.120. The number of carbonyl (C=O) groups excluding carboxylic acids is 3. The standard InChI is InChI=1S/C22H28N4O3/c1-4-5-18-20(15(3)27)14(2)25-21(18)22(29)24-12-16-6-8-17(9-7-16)26-11-10-23-19(28)13-26/h6-9,25H,4-5,10-13H2,1-3H3,(H,23,28)(H,24,29). The number of benzene rings is 1. The lowest BCUT2D eigenvalue weighted by atomic mass is 10.0. The summed E-state index contributed by atoms with van der Waals surface area (Å²) in [5.41, 5.74) is 4.61. The Hall–Kier alpha value is -3.09. The Morgan fingerprint density at radius 1 is 1.21 bits per heavy atom. The summed E-state index contributed by atoms with van der Waals surface area (Å²) in [5.74, 6) is -0.203. The molecule has 2 amide bonds. The molecule has 3 N–H and O–H groups in total. The number of aromatic nitrogens is 1. The van der Waals surface area contributed by atoms with Crippen LogP contribution in [0.4, 0.5) is 5.69 Å². The summed E-state index contributed by atoms with van der Waals surface area (Å²) in [5, 5.41) is 5.76. The third-order valence-corrected chi connectivity index (χ3v) is 5.16. The third kappa shape index (κ3) is 4.67. The lowest BCUT2D eigenvalue weighted by Crippen LogP contribution is -2.47. The van der Waals surface area contributed by atoms with Gasteiger partial charge in [-0.25, -0.2) is 0 Å². The molecule has 1 aromatic carbocycles. The SMILES string of the molecule is CCCc1c(C(=O)NCc2ccc(N3CCNC(=O)C3)cc2)[nH]c(C)c1C(C)=O. The maximum Gasteiger partial charge on any atom is 0.268 e. The molecule has 0 unspecified atom stereocenters. The van der Waals surface area contributed by atoms with Crippen molar-refractivity contribution < 1.29 is 14.4 Å². The molecule has 7 nitrogen and oxygen atoms in total. The molecule has 7 heteroatoms. The summed E-state index contributed by atoms with van der Waals surface area (Å²) in [6, 6.07) is 7.84. The van der Waals surface area contributed by atoms with E-state index < -0.39 is 0 Å². The van der Waals surface area contributed by atoms with Crippen LogP contribution in [0.15, 0.2) is 24.3 Å². The Kier molecular flexibility index (Phi) is 6.36. The van der Waals surface area contributed by atoms with E-state index in [1.165, 1.54) is 6.92 Å². The van der Waals surface area contributed by atoms with Gasteiger partial charge in [0, 0.05) is 36.6 Å². The van der Waals surface area contributed by atoms with Gasteiger partial charge in [0.25, 0.3) is 5.91 Å². The second-order valence-electron chi connectivity index (χ2n) is 7.41. The largest absolute Gasteiger partial charge is 0.360 e. The maximum atomic E-state index is 12.7. The van der Waals surface area contributed by atoms with Crippen LogP contribution in [-0.4, -0.2) is 42.2 Å². The number of carbonyl (C=O) groups is 3. The first-order valence-electron chi connectivity index (χ1n) is 10.0. The zero-order chi connectivity index (χ0) is 21.0. The lowest BCUT2D eigenvalue weighted by Gasteiger charge is -2.28. The fourth-order valence-corrected chi connectivity index (χ4v) is 3.80. The number of hydrogen-bond donors (Lipinski definition) is 3. The van der Waals surface area contributed by atoms with Gasteiger partial charge in [-0.2, -0.15) is 0 Å². The molecule has 0 spiro atoms. The average molecular weight is 396 g/mol. The predicted molar refractivity (Wildman–Crippen MR) is 112 cm³/mol. The van der Waals surface area contributed by atoms with Crippen molar-refractivity contribution in [1.82, 2.24) is 15.6 Å².